The van der Waals surface area contributed by atoms with Crippen molar-refractivity contribution >= 4 is 35.1 Å². The lowest BCUT2D eigenvalue weighted by Crippen LogP contribution is -2.61. The number of likely N-dealkylation sites (tertiary alicyclic amines) is 1. The van der Waals surface area contributed by atoms with E-state index in [4.69, 9.17) is 11.6 Å². The average Bonchev–Trinajstić information content (AvgIpc) is 2.98. The second-order valence-electron chi connectivity index (χ2n) is 9.99. The Labute approximate surface area is 184 Å². The van der Waals surface area contributed by atoms with Crippen LogP contribution in [0.1, 0.15) is 41.5 Å². The molecule has 0 aromatic heterocycles. The van der Waals surface area contributed by atoms with Crippen LogP contribution in [0.25, 0.3) is 0 Å². The van der Waals surface area contributed by atoms with Gasteiger partial charge in [-0.1, -0.05) is 34.6 Å². The number of carbonyl (C=O) groups is 4. The number of hydrogen-bond acceptors (Lipinski definition) is 4. The normalized spacial score (nSPS) is 26.5. The predicted octanol–water partition coefficient (Wildman–Crippen LogP) is 1.88. The first kappa shape index (κ1) is 25.4. The molecule has 2 rings (SSSR count). The van der Waals surface area contributed by atoms with Crippen molar-refractivity contribution in [1.82, 2.24) is 15.5 Å². The fraction of sp³-hybridized carbons (Fsp3) is 0.800. The lowest BCUT2D eigenvalue weighted by Gasteiger charge is -2.37. The Morgan fingerprint density at radius 3 is 2.13 bits per heavy atom. The maximum atomic E-state index is 13.3. The number of hydrogen-bond donors (Lipinski definition) is 2. The first-order valence-electron chi connectivity index (χ1n) is 10.0. The van der Waals surface area contributed by atoms with Gasteiger partial charge in [-0.2, -0.15) is 13.2 Å². The highest BCUT2D eigenvalue weighted by Crippen LogP contribution is 2.65. The lowest BCUT2D eigenvalue weighted by atomic mass is 9.85. The molecular formula is C20H29ClF3N3O4. The van der Waals surface area contributed by atoms with Gasteiger partial charge in [-0.25, -0.2) is 0 Å². The topological polar surface area (TPSA) is 95.6 Å². The Morgan fingerprint density at radius 1 is 1.13 bits per heavy atom. The average molecular weight is 468 g/mol. The van der Waals surface area contributed by atoms with E-state index < -0.39 is 53.2 Å². The van der Waals surface area contributed by atoms with E-state index in [9.17, 15) is 32.3 Å². The molecule has 0 aromatic rings. The van der Waals surface area contributed by atoms with E-state index in [0.717, 1.165) is 0 Å². The van der Waals surface area contributed by atoms with Crippen LogP contribution in [0.15, 0.2) is 0 Å². The fourth-order valence-electron chi connectivity index (χ4n) is 4.34. The highest BCUT2D eigenvalue weighted by molar-refractivity contribution is 6.28. The van der Waals surface area contributed by atoms with Gasteiger partial charge in [0.1, 0.15) is 12.1 Å². The summed E-state index contributed by atoms with van der Waals surface area (Å²) in [6, 6.07) is -3.31. The molecule has 5 atom stereocenters. The van der Waals surface area contributed by atoms with Crippen LogP contribution < -0.4 is 10.6 Å². The second-order valence-corrected chi connectivity index (χ2v) is 10.3. The molecule has 0 bridgehead atoms. The van der Waals surface area contributed by atoms with Gasteiger partial charge < -0.3 is 15.5 Å². The summed E-state index contributed by atoms with van der Waals surface area (Å²) >= 11 is 5.53. The zero-order valence-electron chi connectivity index (χ0n) is 18.4. The fourth-order valence-corrected chi connectivity index (χ4v) is 4.57. The van der Waals surface area contributed by atoms with Crippen molar-refractivity contribution in [2.45, 2.75) is 65.8 Å². The van der Waals surface area contributed by atoms with Crippen LogP contribution in [0.3, 0.4) is 0 Å². The van der Waals surface area contributed by atoms with E-state index in [1.165, 1.54) is 32.6 Å². The Balaban J connectivity index is 2.30. The summed E-state index contributed by atoms with van der Waals surface area (Å²) in [6.07, 6.45) is -5.15. The number of halogens is 4. The number of ketones is 1. The summed E-state index contributed by atoms with van der Waals surface area (Å²) < 4.78 is 38.5. The number of piperidine rings is 1. The first-order chi connectivity index (χ1) is 13.9. The van der Waals surface area contributed by atoms with Gasteiger partial charge in [0.2, 0.25) is 11.8 Å². The largest absolute Gasteiger partial charge is 0.471 e. The SMILES string of the molecule is C[C@H](NC(=O)[C@@H]1[C@@H]2[C@H](CN1C(=O)[C@@H](NC(=O)C(F)(F)F)C(C)(C)C)C2(C)C)C(=O)CCl. The molecule has 11 heteroatoms. The minimum absolute atomic E-state index is 0.00910. The van der Waals surface area contributed by atoms with Gasteiger partial charge >= 0.3 is 12.1 Å². The van der Waals surface area contributed by atoms with Crippen molar-refractivity contribution in [1.29, 1.82) is 0 Å². The number of rotatable bonds is 6. The minimum Gasteiger partial charge on any atom is -0.345 e. The molecule has 2 aliphatic rings. The van der Waals surface area contributed by atoms with E-state index in [1.807, 2.05) is 13.8 Å². The van der Waals surface area contributed by atoms with Crippen molar-refractivity contribution in [3.8, 4) is 0 Å². The van der Waals surface area contributed by atoms with Crippen LogP contribution >= 0.6 is 11.6 Å². The molecule has 2 N–H and O–H groups in total. The van der Waals surface area contributed by atoms with Gasteiger partial charge in [0.05, 0.1) is 11.9 Å². The molecule has 0 aromatic carbocycles. The molecule has 0 spiro atoms. The number of nitrogens with one attached hydrogen (secondary N) is 2. The van der Waals surface area contributed by atoms with Crippen molar-refractivity contribution in [3.05, 3.63) is 0 Å². The zero-order chi connectivity index (χ0) is 24.1. The number of carbonyl (C=O) groups excluding carboxylic acids is 4. The van der Waals surface area contributed by atoms with Crippen LogP contribution in [-0.4, -0.2) is 65.1 Å². The van der Waals surface area contributed by atoms with Gasteiger partial charge in [-0.15, -0.1) is 11.6 Å². The predicted molar refractivity (Wildman–Crippen MR) is 107 cm³/mol. The smallest absolute Gasteiger partial charge is 0.345 e. The van der Waals surface area contributed by atoms with Crippen molar-refractivity contribution < 1.29 is 32.3 Å². The standard InChI is InChI=1S/C20H29ClF3N3O4/c1-9(11(28)7-21)25-15(29)13-12-10(19(12,5)6)8-27(13)16(30)14(18(2,3)4)26-17(31)20(22,23)24/h9-10,12-14H,7-8H2,1-6H3,(H,25,29)(H,26,31)/t9-,10-,12-,13-,14+/m0/s1. The summed E-state index contributed by atoms with van der Waals surface area (Å²) in [4.78, 5) is 50.9. The van der Waals surface area contributed by atoms with Crippen LogP contribution in [-0.2, 0) is 19.2 Å². The van der Waals surface area contributed by atoms with Crippen LogP contribution in [0.2, 0.25) is 0 Å². The monoisotopic (exact) mass is 467 g/mol. The van der Waals surface area contributed by atoms with Crippen LogP contribution in [0.5, 0.6) is 0 Å². The summed E-state index contributed by atoms with van der Waals surface area (Å²) in [5.41, 5.74) is -1.27. The Bertz CT molecular complexity index is 779. The molecule has 176 valence electrons. The molecule has 1 aliphatic heterocycles. The minimum atomic E-state index is -5.15. The molecule has 0 unspecified atom stereocenters. The molecule has 3 amide bonds. The summed E-state index contributed by atoms with van der Waals surface area (Å²) in [5, 5.41) is 4.35. The highest BCUT2D eigenvalue weighted by Gasteiger charge is 2.69. The highest BCUT2D eigenvalue weighted by atomic mass is 35.5. The van der Waals surface area contributed by atoms with Gasteiger partial charge in [-0.05, 0) is 29.6 Å². The third kappa shape index (κ3) is 4.99. The molecule has 1 saturated carbocycles. The second kappa shape index (κ2) is 8.26. The number of alkyl halides is 4. The zero-order valence-corrected chi connectivity index (χ0v) is 19.1. The van der Waals surface area contributed by atoms with Crippen molar-refractivity contribution in [2.75, 3.05) is 12.4 Å². The van der Waals surface area contributed by atoms with E-state index in [1.54, 1.807) is 5.32 Å². The quantitative estimate of drug-likeness (QED) is 0.583. The Hall–Kier alpha value is -1.84. The summed E-state index contributed by atoms with van der Waals surface area (Å²) in [5.74, 6) is -4.44. The van der Waals surface area contributed by atoms with E-state index in [-0.39, 0.29) is 29.7 Å². The summed E-state index contributed by atoms with van der Waals surface area (Å²) in [7, 11) is 0. The van der Waals surface area contributed by atoms with Gasteiger partial charge in [0, 0.05) is 6.54 Å². The lowest BCUT2D eigenvalue weighted by molar-refractivity contribution is -0.176. The molecule has 1 saturated heterocycles. The van der Waals surface area contributed by atoms with E-state index >= 15 is 0 Å². The molecule has 31 heavy (non-hydrogen) atoms. The van der Waals surface area contributed by atoms with E-state index in [0.29, 0.717) is 0 Å². The molecule has 2 fully saturated rings. The maximum Gasteiger partial charge on any atom is 0.471 e. The van der Waals surface area contributed by atoms with Crippen LogP contribution in [0, 0.1) is 22.7 Å². The molecule has 7 nitrogen and oxygen atoms in total. The number of fused-ring (bicyclic) bond motifs is 1. The number of nitrogens with zero attached hydrogens (tertiary/aromatic N) is 1. The molecular weight excluding hydrogens is 439 g/mol. The summed E-state index contributed by atoms with van der Waals surface area (Å²) in [6.45, 7) is 10.1. The van der Waals surface area contributed by atoms with Gasteiger partial charge in [0.25, 0.3) is 0 Å². The molecule has 1 heterocycles. The van der Waals surface area contributed by atoms with Crippen LogP contribution in [0.4, 0.5) is 13.2 Å². The Kier molecular flexibility index (Phi) is 6.77. The van der Waals surface area contributed by atoms with E-state index in [2.05, 4.69) is 5.32 Å². The Morgan fingerprint density at radius 2 is 1.68 bits per heavy atom. The first-order valence-corrected chi connectivity index (χ1v) is 10.5. The number of amides is 3. The third-order valence-corrected chi connectivity index (χ3v) is 6.64. The number of Topliss-reactive ketones (excluding diaryl/α,β-unsaturated/α-hetero) is 1. The third-order valence-electron chi connectivity index (χ3n) is 6.38. The van der Waals surface area contributed by atoms with Gasteiger partial charge in [0.15, 0.2) is 5.78 Å². The molecule has 1 aliphatic carbocycles. The van der Waals surface area contributed by atoms with Crippen molar-refractivity contribution in [2.24, 2.45) is 22.7 Å². The maximum absolute atomic E-state index is 13.3. The van der Waals surface area contributed by atoms with Crippen molar-refractivity contribution in [3.63, 3.8) is 0 Å². The molecule has 0 radical (unpaired) electrons. The van der Waals surface area contributed by atoms with Gasteiger partial charge in [-0.3, -0.25) is 19.2 Å².